The summed E-state index contributed by atoms with van der Waals surface area (Å²) in [5.41, 5.74) is 4.38. The molecule has 3 heterocycles. The summed E-state index contributed by atoms with van der Waals surface area (Å²) < 4.78 is 16.4. The van der Waals surface area contributed by atoms with E-state index in [9.17, 15) is 4.39 Å². The molecule has 0 radical (unpaired) electrons. The van der Waals surface area contributed by atoms with Crippen LogP contribution in [0.25, 0.3) is 0 Å². The van der Waals surface area contributed by atoms with E-state index in [0.29, 0.717) is 5.92 Å². The summed E-state index contributed by atoms with van der Waals surface area (Å²) in [5.74, 6) is 0.430. The lowest BCUT2D eigenvalue weighted by Gasteiger charge is -2.40. The third-order valence-electron chi connectivity index (χ3n) is 6.79. The van der Waals surface area contributed by atoms with Crippen LogP contribution in [0.1, 0.15) is 35.2 Å². The second-order valence-electron chi connectivity index (χ2n) is 9.17. The first-order chi connectivity index (χ1) is 15.5. The van der Waals surface area contributed by atoms with E-state index in [1.165, 1.54) is 11.1 Å². The number of benzene rings is 1. The van der Waals surface area contributed by atoms with Crippen LogP contribution in [0.5, 0.6) is 0 Å². The molecule has 1 aliphatic rings. The zero-order valence-electron chi connectivity index (χ0n) is 19.4. The fourth-order valence-electron chi connectivity index (χ4n) is 5.01. The highest BCUT2D eigenvalue weighted by molar-refractivity contribution is 5.20. The fraction of sp³-hybridized carbons (Fsp3) is 0.462. The Morgan fingerprint density at radius 2 is 1.91 bits per heavy atom. The Balaban J connectivity index is 1.46. The number of likely N-dealkylation sites (N-methyl/N-ethyl adjacent to an activating group) is 1. The van der Waals surface area contributed by atoms with Gasteiger partial charge in [-0.2, -0.15) is 5.10 Å². The van der Waals surface area contributed by atoms with Crippen LogP contribution < -0.4 is 0 Å². The van der Waals surface area contributed by atoms with Crippen LogP contribution in [-0.2, 0) is 26.6 Å². The third kappa shape index (κ3) is 5.61. The van der Waals surface area contributed by atoms with E-state index in [2.05, 4.69) is 46.1 Å². The Labute approximate surface area is 190 Å². The van der Waals surface area contributed by atoms with Crippen molar-refractivity contribution in [2.75, 3.05) is 20.1 Å². The summed E-state index contributed by atoms with van der Waals surface area (Å²) in [4.78, 5) is 9.17. The smallest absolute Gasteiger partial charge is 0.126 e. The normalized spacial score (nSPS) is 16.5. The van der Waals surface area contributed by atoms with Crippen LogP contribution >= 0.6 is 0 Å². The number of hydrogen-bond donors (Lipinski definition) is 0. The molecular weight excluding hydrogens is 401 g/mol. The second-order valence-corrected chi connectivity index (χ2v) is 9.17. The van der Waals surface area contributed by atoms with Crippen molar-refractivity contribution in [3.05, 3.63) is 83.2 Å². The standard InChI is InChI=1S/C26H34FN5/c1-20-24(19-31(3)29-20)18-30(2)26(15-23-8-4-5-9-25(23)27)22-10-13-32(14-11-22)17-21-7-6-12-28-16-21/h4-9,12,16,19,22,26H,10-11,13-15,17-18H2,1-3H3/t26-/m0/s1. The van der Waals surface area contributed by atoms with Crippen molar-refractivity contribution in [1.82, 2.24) is 24.6 Å². The molecule has 1 fully saturated rings. The molecule has 0 spiro atoms. The minimum absolute atomic E-state index is 0.0996. The van der Waals surface area contributed by atoms with Crippen LogP contribution in [0, 0.1) is 18.7 Å². The van der Waals surface area contributed by atoms with Crippen molar-refractivity contribution in [2.45, 2.75) is 45.3 Å². The summed E-state index contributed by atoms with van der Waals surface area (Å²) >= 11 is 0. The van der Waals surface area contributed by atoms with Crippen molar-refractivity contribution >= 4 is 0 Å². The molecule has 0 N–H and O–H groups in total. The molecule has 1 aliphatic heterocycles. The average Bonchev–Trinajstić information content (AvgIpc) is 3.11. The first kappa shape index (κ1) is 22.6. The van der Waals surface area contributed by atoms with Gasteiger partial charge in [0.15, 0.2) is 0 Å². The molecule has 0 saturated carbocycles. The minimum atomic E-state index is -0.0996. The van der Waals surface area contributed by atoms with E-state index in [0.717, 1.165) is 56.7 Å². The maximum absolute atomic E-state index is 14.5. The Bertz CT molecular complexity index is 994. The van der Waals surface area contributed by atoms with Crippen LogP contribution in [-0.4, -0.2) is 50.7 Å². The zero-order valence-corrected chi connectivity index (χ0v) is 19.4. The van der Waals surface area contributed by atoms with Gasteiger partial charge in [-0.05, 0) is 75.5 Å². The number of likely N-dealkylation sites (tertiary alicyclic amines) is 1. The SMILES string of the molecule is Cc1nn(C)cc1CN(C)[C@@H](Cc1ccccc1F)C1CCN(Cc2cccnc2)CC1. The van der Waals surface area contributed by atoms with Gasteiger partial charge in [0.05, 0.1) is 5.69 Å². The highest BCUT2D eigenvalue weighted by Gasteiger charge is 2.30. The minimum Gasteiger partial charge on any atom is -0.299 e. The molecule has 0 bridgehead atoms. The molecule has 5 nitrogen and oxygen atoms in total. The molecule has 6 heteroatoms. The molecule has 170 valence electrons. The van der Waals surface area contributed by atoms with E-state index in [1.54, 1.807) is 12.1 Å². The van der Waals surface area contributed by atoms with Crippen molar-refractivity contribution in [1.29, 1.82) is 0 Å². The molecule has 32 heavy (non-hydrogen) atoms. The highest BCUT2D eigenvalue weighted by Crippen LogP contribution is 2.29. The van der Waals surface area contributed by atoms with Crippen LogP contribution in [0.2, 0.25) is 0 Å². The van der Waals surface area contributed by atoms with E-state index in [-0.39, 0.29) is 11.9 Å². The summed E-state index contributed by atoms with van der Waals surface area (Å²) in [6.45, 7) is 5.96. The maximum atomic E-state index is 14.5. The number of nitrogens with zero attached hydrogens (tertiary/aromatic N) is 5. The molecule has 4 rings (SSSR count). The lowest BCUT2D eigenvalue weighted by atomic mass is 9.84. The number of hydrogen-bond acceptors (Lipinski definition) is 4. The summed E-state index contributed by atoms with van der Waals surface area (Å²) in [6, 6.07) is 11.7. The van der Waals surface area contributed by atoms with Gasteiger partial charge in [-0.3, -0.25) is 19.5 Å². The molecule has 1 aromatic carbocycles. The zero-order chi connectivity index (χ0) is 22.5. The fourth-order valence-corrected chi connectivity index (χ4v) is 5.01. The van der Waals surface area contributed by atoms with Gasteiger partial charge >= 0.3 is 0 Å². The molecule has 0 unspecified atom stereocenters. The van der Waals surface area contributed by atoms with Crippen LogP contribution in [0.3, 0.4) is 0 Å². The molecule has 1 saturated heterocycles. The number of pyridine rings is 1. The van der Waals surface area contributed by atoms with Gasteiger partial charge in [0, 0.05) is 50.3 Å². The Morgan fingerprint density at radius 3 is 2.56 bits per heavy atom. The van der Waals surface area contributed by atoms with Crippen molar-refractivity contribution in [2.24, 2.45) is 13.0 Å². The van der Waals surface area contributed by atoms with Gasteiger partial charge in [0.25, 0.3) is 0 Å². The molecule has 1 atom stereocenters. The molecule has 3 aromatic rings. The van der Waals surface area contributed by atoms with Gasteiger partial charge < -0.3 is 0 Å². The molecular formula is C26H34FN5. The third-order valence-corrected chi connectivity index (χ3v) is 6.79. The Morgan fingerprint density at radius 1 is 1.12 bits per heavy atom. The van der Waals surface area contributed by atoms with Crippen LogP contribution in [0.15, 0.2) is 55.0 Å². The van der Waals surface area contributed by atoms with Crippen molar-refractivity contribution < 1.29 is 4.39 Å². The first-order valence-electron chi connectivity index (χ1n) is 11.5. The van der Waals surface area contributed by atoms with Gasteiger partial charge in [-0.1, -0.05) is 24.3 Å². The monoisotopic (exact) mass is 435 g/mol. The van der Waals surface area contributed by atoms with Gasteiger partial charge in [0.1, 0.15) is 5.82 Å². The Hall–Kier alpha value is -2.57. The summed E-state index contributed by atoms with van der Waals surface area (Å²) in [5, 5.41) is 4.50. The Kier molecular flexibility index (Phi) is 7.33. The number of halogens is 1. The molecule has 0 amide bonds. The first-order valence-corrected chi connectivity index (χ1v) is 11.5. The predicted octanol–water partition coefficient (Wildman–Crippen LogP) is 4.22. The van der Waals surface area contributed by atoms with Crippen molar-refractivity contribution in [3.8, 4) is 0 Å². The number of aromatic nitrogens is 3. The highest BCUT2D eigenvalue weighted by atomic mass is 19.1. The lowest BCUT2D eigenvalue weighted by molar-refractivity contribution is 0.0948. The number of rotatable bonds is 8. The average molecular weight is 436 g/mol. The van der Waals surface area contributed by atoms with Gasteiger partial charge in [-0.15, -0.1) is 0 Å². The summed E-state index contributed by atoms with van der Waals surface area (Å²) in [7, 11) is 4.14. The summed E-state index contributed by atoms with van der Waals surface area (Å²) in [6.07, 6.45) is 8.85. The number of aryl methyl sites for hydroxylation is 2. The lowest BCUT2D eigenvalue weighted by Crippen LogP contribution is -2.45. The van der Waals surface area contributed by atoms with Gasteiger partial charge in [0.2, 0.25) is 0 Å². The molecule has 2 aromatic heterocycles. The van der Waals surface area contributed by atoms with E-state index >= 15 is 0 Å². The maximum Gasteiger partial charge on any atom is 0.126 e. The molecule has 0 aliphatic carbocycles. The van der Waals surface area contributed by atoms with Crippen LogP contribution in [0.4, 0.5) is 4.39 Å². The predicted molar refractivity (Wildman–Crippen MR) is 126 cm³/mol. The van der Waals surface area contributed by atoms with E-state index in [1.807, 2.05) is 42.3 Å². The van der Waals surface area contributed by atoms with Gasteiger partial charge in [-0.25, -0.2) is 4.39 Å². The largest absolute Gasteiger partial charge is 0.299 e. The van der Waals surface area contributed by atoms with E-state index < -0.39 is 0 Å². The van der Waals surface area contributed by atoms with Crippen molar-refractivity contribution in [3.63, 3.8) is 0 Å². The number of piperidine rings is 1. The topological polar surface area (TPSA) is 37.2 Å². The quantitative estimate of drug-likeness (QED) is 0.531. The second kappa shape index (κ2) is 10.4. The van der Waals surface area contributed by atoms with E-state index in [4.69, 9.17) is 0 Å².